The van der Waals surface area contributed by atoms with Gasteiger partial charge in [-0.2, -0.15) is 0 Å². The minimum absolute atomic E-state index is 1.25. The van der Waals surface area contributed by atoms with E-state index in [1.807, 2.05) is 11.8 Å². The van der Waals surface area contributed by atoms with Gasteiger partial charge in [-0.05, 0) is 30.9 Å². The standard InChI is InChI=1S/C17H23S/c1-3-5-9-14-13-15-10-7-8-12-17(15)18-16(14)11-6-4-2/h7-8,10,12-13H,3-6,9,11H2,1-2H3. The highest BCUT2D eigenvalue weighted by molar-refractivity contribution is 8.02. The highest BCUT2D eigenvalue weighted by Gasteiger charge is 2.21. The molecule has 0 aromatic heterocycles. The molecule has 1 radical (unpaired) electrons. The Labute approximate surface area is 116 Å². The van der Waals surface area contributed by atoms with E-state index < -0.39 is 0 Å². The van der Waals surface area contributed by atoms with Crippen LogP contribution < -0.4 is 0 Å². The van der Waals surface area contributed by atoms with Crippen molar-refractivity contribution in [3.05, 3.63) is 40.7 Å². The molecule has 1 aromatic carbocycles. The van der Waals surface area contributed by atoms with Crippen molar-refractivity contribution in [1.29, 1.82) is 0 Å². The summed E-state index contributed by atoms with van der Waals surface area (Å²) in [5, 5.41) is 1.61. The molecule has 0 aliphatic carbocycles. The summed E-state index contributed by atoms with van der Waals surface area (Å²) in [6, 6.07) is 8.78. The fourth-order valence-electron chi connectivity index (χ4n) is 2.29. The molecule has 0 nitrogen and oxygen atoms in total. The average molecular weight is 259 g/mol. The van der Waals surface area contributed by atoms with Crippen LogP contribution in [-0.4, -0.2) is 0 Å². The van der Waals surface area contributed by atoms with E-state index in [9.17, 15) is 0 Å². The van der Waals surface area contributed by atoms with Crippen LogP contribution in [0.15, 0.2) is 34.7 Å². The summed E-state index contributed by atoms with van der Waals surface area (Å²) >= 11 is 2.00. The lowest BCUT2D eigenvalue weighted by Crippen LogP contribution is -2.03. The monoisotopic (exact) mass is 259 g/mol. The number of hydrogen-bond acceptors (Lipinski definition) is 1. The Balaban J connectivity index is 2.16. The van der Waals surface area contributed by atoms with Gasteiger partial charge in [-0.3, -0.25) is 0 Å². The zero-order chi connectivity index (χ0) is 12.8. The van der Waals surface area contributed by atoms with Crippen LogP contribution in [0.4, 0.5) is 0 Å². The topological polar surface area (TPSA) is 0 Å². The first-order chi connectivity index (χ1) is 8.85. The van der Waals surface area contributed by atoms with E-state index in [0.29, 0.717) is 0 Å². The van der Waals surface area contributed by atoms with Crippen LogP contribution in [0, 0.1) is 5.25 Å². The maximum Gasteiger partial charge on any atom is 0.0606 e. The molecule has 97 valence electrons. The molecule has 18 heavy (non-hydrogen) atoms. The first-order valence-corrected chi connectivity index (χ1v) is 8.00. The SMILES string of the molecule is CCCC[C]1Sc2ccccc2C=C1CCCC. The van der Waals surface area contributed by atoms with Gasteiger partial charge in [0.15, 0.2) is 0 Å². The van der Waals surface area contributed by atoms with E-state index >= 15 is 0 Å². The second-order valence-electron chi connectivity index (χ2n) is 4.94. The van der Waals surface area contributed by atoms with Crippen molar-refractivity contribution in [2.75, 3.05) is 0 Å². The molecule has 0 fully saturated rings. The van der Waals surface area contributed by atoms with Crippen LogP contribution in [0.1, 0.15) is 57.9 Å². The highest BCUT2D eigenvalue weighted by atomic mass is 32.2. The van der Waals surface area contributed by atoms with Crippen LogP contribution in [0.3, 0.4) is 0 Å². The van der Waals surface area contributed by atoms with E-state index in [0.717, 1.165) is 0 Å². The van der Waals surface area contributed by atoms with Crippen molar-refractivity contribution in [3.63, 3.8) is 0 Å². The largest absolute Gasteiger partial charge is 0.112 e. The van der Waals surface area contributed by atoms with E-state index in [1.165, 1.54) is 49.0 Å². The molecule has 0 saturated heterocycles. The molecule has 2 rings (SSSR count). The number of fused-ring (bicyclic) bond motifs is 1. The molecular formula is C17H23S. The number of thioether (sulfide) groups is 1. The lowest BCUT2D eigenvalue weighted by atomic mass is 9.98. The summed E-state index contributed by atoms with van der Waals surface area (Å²) in [5.74, 6) is 0. The highest BCUT2D eigenvalue weighted by Crippen LogP contribution is 2.46. The van der Waals surface area contributed by atoms with Crippen molar-refractivity contribution in [2.45, 2.75) is 57.3 Å². The summed E-state index contributed by atoms with van der Waals surface area (Å²) in [5.41, 5.74) is 3.00. The van der Waals surface area contributed by atoms with Gasteiger partial charge in [0.25, 0.3) is 0 Å². The van der Waals surface area contributed by atoms with Gasteiger partial charge < -0.3 is 0 Å². The minimum atomic E-state index is 1.25. The second kappa shape index (κ2) is 7.04. The van der Waals surface area contributed by atoms with E-state index in [1.54, 1.807) is 10.8 Å². The first-order valence-electron chi connectivity index (χ1n) is 7.18. The molecule has 1 aliphatic heterocycles. The Hall–Kier alpha value is -0.690. The van der Waals surface area contributed by atoms with Crippen LogP contribution in [0.5, 0.6) is 0 Å². The Morgan fingerprint density at radius 3 is 2.44 bits per heavy atom. The number of unbranched alkanes of at least 4 members (excludes halogenated alkanes) is 2. The van der Waals surface area contributed by atoms with Gasteiger partial charge in [0, 0.05) is 4.90 Å². The van der Waals surface area contributed by atoms with Crippen LogP contribution in [-0.2, 0) is 0 Å². The first kappa shape index (κ1) is 13.7. The molecule has 0 spiro atoms. The second-order valence-corrected chi connectivity index (χ2v) is 6.08. The van der Waals surface area contributed by atoms with Crippen LogP contribution >= 0.6 is 11.8 Å². The fourth-order valence-corrected chi connectivity index (χ4v) is 3.48. The molecular weight excluding hydrogens is 236 g/mol. The number of rotatable bonds is 6. The quantitative estimate of drug-likeness (QED) is 0.596. The number of hydrogen-bond donors (Lipinski definition) is 0. The molecule has 0 saturated carbocycles. The maximum absolute atomic E-state index is 2.42. The Kier molecular flexibility index (Phi) is 5.37. The third-order valence-corrected chi connectivity index (χ3v) is 4.70. The van der Waals surface area contributed by atoms with E-state index in [4.69, 9.17) is 0 Å². The van der Waals surface area contributed by atoms with Crippen molar-refractivity contribution >= 4 is 17.8 Å². The summed E-state index contributed by atoms with van der Waals surface area (Å²) in [6.45, 7) is 4.55. The van der Waals surface area contributed by atoms with Crippen molar-refractivity contribution in [3.8, 4) is 0 Å². The van der Waals surface area contributed by atoms with Crippen LogP contribution in [0.25, 0.3) is 6.08 Å². The number of benzene rings is 1. The summed E-state index contributed by atoms with van der Waals surface area (Å²) in [7, 11) is 0. The predicted octanol–water partition coefficient (Wildman–Crippen LogP) is 6.09. The van der Waals surface area contributed by atoms with Crippen LogP contribution in [0.2, 0.25) is 0 Å². The van der Waals surface area contributed by atoms with Crippen molar-refractivity contribution < 1.29 is 0 Å². The lowest BCUT2D eigenvalue weighted by molar-refractivity contribution is 0.740. The average Bonchev–Trinajstić information content (AvgIpc) is 2.42. The normalized spacial score (nSPS) is 15.3. The summed E-state index contributed by atoms with van der Waals surface area (Å²) in [6.07, 6.45) is 10.1. The van der Waals surface area contributed by atoms with Gasteiger partial charge in [0.1, 0.15) is 0 Å². The Bertz CT molecular complexity index is 406. The van der Waals surface area contributed by atoms with Gasteiger partial charge in [-0.1, -0.05) is 63.0 Å². The molecule has 0 bridgehead atoms. The zero-order valence-electron chi connectivity index (χ0n) is 11.5. The smallest absolute Gasteiger partial charge is 0.0606 e. The van der Waals surface area contributed by atoms with Gasteiger partial charge in [-0.15, -0.1) is 11.8 Å². The van der Waals surface area contributed by atoms with E-state index in [2.05, 4.69) is 44.2 Å². The lowest BCUT2D eigenvalue weighted by Gasteiger charge is -2.25. The molecule has 1 aromatic rings. The molecule has 0 atom stereocenters. The third kappa shape index (κ3) is 3.41. The van der Waals surface area contributed by atoms with E-state index in [-0.39, 0.29) is 0 Å². The molecule has 0 amide bonds. The summed E-state index contributed by atoms with van der Waals surface area (Å²) < 4.78 is 0. The Morgan fingerprint density at radius 2 is 1.67 bits per heavy atom. The Morgan fingerprint density at radius 1 is 0.944 bits per heavy atom. The fraction of sp³-hybridized carbons (Fsp3) is 0.471. The van der Waals surface area contributed by atoms with Gasteiger partial charge >= 0.3 is 0 Å². The molecule has 0 N–H and O–H groups in total. The van der Waals surface area contributed by atoms with Crippen molar-refractivity contribution in [2.24, 2.45) is 0 Å². The molecule has 1 heterocycles. The van der Waals surface area contributed by atoms with Gasteiger partial charge in [0.05, 0.1) is 5.25 Å². The van der Waals surface area contributed by atoms with Crippen molar-refractivity contribution in [1.82, 2.24) is 0 Å². The predicted molar refractivity (Wildman–Crippen MR) is 82.6 cm³/mol. The molecule has 0 unspecified atom stereocenters. The zero-order valence-corrected chi connectivity index (χ0v) is 12.4. The minimum Gasteiger partial charge on any atom is -0.112 e. The van der Waals surface area contributed by atoms with Gasteiger partial charge in [-0.25, -0.2) is 0 Å². The maximum atomic E-state index is 2.42. The molecule has 1 aliphatic rings. The summed E-state index contributed by atoms with van der Waals surface area (Å²) in [4.78, 5) is 1.43. The van der Waals surface area contributed by atoms with Gasteiger partial charge in [0.2, 0.25) is 0 Å². The third-order valence-electron chi connectivity index (χ3n) is 3.40. The molecule has 1 heteroatoms.